The lowest BCUT2D eigenvalue weighted by atomic mass is 9.87. The molecule has 2 heteroatoms. The van der Waals surface area contributed by atoms with Crippen LogP contribution in [0.15, 0.2) is 0 Å². The SMILES string of the molecule is CC(C)C1CCN(C)CC1.P. The van der Waals surface area contributed by atoms with Crippen LogP contribution in [0, 0.1) is 11.8 Å². The molecule has 0 amide bonds. The van der Waals surface area contributed by atoms with Crippen molar-refractivity contribution in [2.45, 2.75) is 26.7 Å². The lowest BCUT2D eigenvalue weighted by Crippen LogP contribution is -2.32. The minimum atomic E-state index is 0. The van der Waals surface area contributed by atoms with Gasteiger partial charge in [0.15, 0.2) is 0 Å². The standard InChI is InChI=1S/C9H19N.H3P/c1-8(2)9-4-6-10(3)7-5-9;/h8-9H,4-7H2,1-3H3;1H3. The summed E-state index contributed by atoms with van der Waals surface area (Å²) in [5, 5.41) is 0. The molecule has 0 aliphatic carbocycles. The van der Waals surface area contributed by atoms with Gasteiger partial charge in [-0.2, -0.15) is 9.90 Å². The van der Waals surface area contributed by atoms with Crippen LogP contribution in [0.4, 0.5) is 0 Å². The van der Waals surface area contributed by atoms with Crippen LogP contribution in [0.5, 0.6) is 0 Å². The van der Waals surface area contributed by atoms with Crippen molar-refractivity contribution in [1.29, 1.82) is 0 Å². The van der Waals surface area contributed by atoms with E-state index in [9.17, 15) is 0 Å². The van der Waals surface area contributed by atoms with Gasteiger partial charge in [0.05, 0.1) is 0 Å². The summed E-state index contributed by atoms with van der Waals surface area (Å²) in [6.07, 6.45) is 2.82. The van der Waals surface area contributed by atoms with Crippen molar-refractivity contribution in [3.63, 3.8) is 0 Å². The molecule has 0 bridgehead atoms. The molecule has 1 nitrogen and oxygen atoms in total. The zero-order valence-corrected chi connectivity index (χ0v) is 9.55. The minimum Gasteiger partial charge on any atom is -0.306 e. The number of rotatable bonds is 1. The van der Waals surface area contributed by atoms with Gasteiger partial charge < -0.3 is 4.90 Å². The Morgan fingerprint density at radius 1 is 1.18 bits per heavy atom. The van der Waals surface area contributed by atoms with Gasteiger partial charge in [0, 0.05) is 0 Å². The maximum atomic E-state index is 2.43. The molecular formula is C9H22NP. The van der Waals surface area contributed by atoms with E-state index in [0.29, 0.717) is 0 Å². The van der Waals surface area contributed by atoms with Crippen LogP contribution in [-0.2, 0) is 0 Å². The van der Waals surface area contributed by atoms with E-state index >= 15 is 0 Å². The molecule has 1 rings (SSSR count). The molecule has 1 saturated heterocycles. The molecule has 0 aromatic heterocycles. The fraction of sp³-hybridized carbons (Fsp3) is 1.00. The largest absolute Gasteiger partial charge is 0.306 e. The van der Waals surface area contributed by atoms with E-state index in [2.05, 4.69) is 25.8 Å². The molecule has 1 atom stereocenters. The monoisotopic (exact) mass is 175 g/mol. The predicted octanol–water partition coefficient (Wildman–Crippen LogP) is 2.04. The van der Waals surface area contributed by atoms with Crippen LogP contribution in [0.1, 0.15) is 26.7 Å². The molecular weight excluding hydrogens is 153 g/mol. The number of nitrogens with zero attached hydrogens (tertiary/aromatic N) is 1. The van der Waals surface area contributed by atoms with Crippen molar-refractivity contribution in [3.8, 4) is 0 Å². The molecule has 1 heterocycles. The fourth-order valence-electron chi connectivity index (χ4n) is 1.70. The molecule has 1 aliphatic rings. The average Bonchev–Trinajstić information content (AvgIpc) is 1.88. The Hall–Kier alpha value is 0.390. The molecule has 0 radical (unpaired) electrons. The highest BCUT2D eigenvalue weighted by Gasteiger charge is 2.18. The average molecular weight is 175 g/mol. The first-order valence-electron chi connectivity index (χ1n) is 4.38. The number of piperidine rings is 1. The van der Waals surface area contributed by atoms with Gasteiger partial charge in [0.2, 0.25) is 0 Å². The highest BCUT2D eigenvalue weighted by molar-refractivity contribution is 6.92. The van der Waals surface area contributed by atoms with E-state index < -0.39 is 0 Å². The molecule has 1 unspecified atom stereocenters. The van der Waals surface area contributed by atoms with E-state index in [4.69, 9.17) is 0 Å². The zero-order chi connectivity index (χ0) is 7.56. The van der Waals surface area contributed by atoms with Gasteiger partial charge in [-0.15, -0.1) is 0 Å². The molecule has 1 aliphatic heterocycles. The summed E-state index contributed by atoms with van der Waals surface area (Å²) in [7, 11) is 2.22. The van der Waals surface area contributed by atoms with Crippen LogP contribution in [0.25, 0.3) is 0 Å². The van der Waals surface area contributed by atoms with Crippen molar-refractivity contribution in [2.75, 3.05) is 20.1 Å². The van der Waals surface area contributed by atoms with E-state index in [1.807, 2.05) is 0 Å². The van der Waals surface area contributed by atoms with Crippen LogP contribution in [-0.4, -0.2) is 25.0 Å². The third kappa shape index (κ3) is 3.53. The molecule has 0 spiro atoms. The number of likely N-dealkylation sites (tertiary alicyclic amines) is 1. The maximum Gasteiger partial charge on any atom is -0.00190 e. The summed E-state index contributed by atoms with van der Waals surface area (Å²) in [6.45, 7) is 7.30. The van der Waals surface area contributed by atoms with E-state index in [1.165, 1.54) is 25.9 Å². The second kappa shape index (κ2) is 5.11. The quantitative estimate of drug-likeness (QED) is 0.551. The Bertz CT molecular complexity index is 95.7. The van der Waals surface area contributed by atoms with Crippen LogP contribution < -0.4 is 0 Å². The Morgan fingerprint density at radius 3 is 2.00 bits per heavy atom. The van der Waals surface area contributed by atoms with Gasteiger partial charge in [-0.3, -0.25) is 0 Å². The first-order chi connectivity index (χ1) is 4.70. The first-order valence-corrected chi connectivity index (χ1v) is 4.38. The second-order valence-corrected chi connectivity index (χ2v) is 3.88. The Morgan fingerprint density at radius 2 is 1.64 bits per heavy atom. The van der Waals surface area contributed by atoms with Gasteiger partial charge >= 0.3 is 0 Å². The van der Waals surface area contributed by atoms with Crippen molar-refractivity contribution in [2.24, 2.45) is 11.8 Å². The predicted molar refractivity (Wildman–Crippen MR) is 56.2 cm³/mol. The highest BCUT2D eigenvalue weighted by Crippen LogP contribution is 2.23. The Balaban J connectivity index is 0.000001000. The summed E-state index contributed by atoms with van der Waals surface area (Å²) in [6, 6.07) is 0. The highest BCUT2D eigenvalue weighted by atomic mass is 31.0. The van der Waals surface area contributed by atoms with Crippen molar-refractivity contribution in [1.82, 2.24) is 4.90 Å². The zero-order valence-electron chi connectivity index (χ0n) is 8.14. The lowest BCUT2D eigenvalue weighted by Gasteiger charge is -2.31. The summed E-state index contributed by atoms with van der Waals surface area (Å²) < 4.78 is 0. The van der Waals surface area contributed by atoms with Gasteiger partial charge in [0.1, 0.15) is 0 Å². The van der Waals surface area contributed by atoms with Crippen molar-refractivity contribution >= 4 is 9.90 Å². The number of hydrogen-bond acceptors (Lipinski definition) is 1. The molecule has 0 N–H and O–H groups in total. The molecule has 0 aromatic carbocycles. The fourth-order valence-corrected chi connectivity index (χ4v) is 1.70. The van der Waals surface area contributed by atoms with E-state index in [0.717, 1.165) is 11.8 Å². The summed E-state index contributed by atoms with van der Waals surface area (Å²) >= 11 is 0. The van der Waals surface area contributed by atoms with Crippen molar-refractivity contribution in [3.05, 3.63) is 0 Å². The topological polar surface area (TPSA) is 3.24 Å². The molecule has 0 aromatic rings. The lowest BCUT2D eigenvalue weighted by molar-refractivity contribution is 0.185. The Labute approximate surface area is 74.2 Å². The van der Waals surface area contributed by atoms with Crippen LogP contribution in [0.2, 0.25) is 0 Å². The van der Waals surface area contributed by atoms with E-state index in [-0.39, 0.29) is 9.90 Å². The van der Waals surface area contributed by atoms with Gasteiger partial charge in [-0.1, -0.05) is 13.8 Å². The summed E-state index contributed by atoms with van der Waals surface area (Å²) in [4.78, 5) is 2.43. The molecule has 1 fully saturated rings. The number of hydrogen-bond donors (Lipinski definition) is 0. The second-order valence-electron chi connectivity index (χ2n) is 3.88. The molecule has 0 saturated carbocycles. The minimum absolute atomic E-state index is 0. The normalized spacial score (nSPS) is 21.8. The third-order valence-electron chi connectivity index (χ3n) is 2.71. The van der Waals surface area contributed by atoms with Gasteiger partial charge in [0.25, 0.3) is 0 Å². The van der Waals surface area contributed by atoms with Crippen LogP contribution >= 0.6 is 9.90 Å². The summed E-state index contributed by atoms with van der Waals surface area (Å²) in [5.74, 6) is 1.89. The Kier molecular flexibility index (Phi) is 5.29. The molecule has 68 valence electrons. The van der Waals surface area contributed by atoms with Crippen LogP contribution in [0.3, 0.4) is 0 Å². The third-order valence-corrected chi connectivity index (χ3v) is 2.71. The first kappa shape index (κ1) is 11.4. The van der Waals surface area contributed by atoms with Gasteiger partial charge in [-0.05, 0) is 44.8 Å². The van der Waals surface area contributed by atoms with E-state index in [1.54, 1.807) is 0 Å². The smallest absolute Gasteiger partial charge is 0.00190 e. The summed E-state index contributed by atoms with van der Waals surface area (Å²) in [5.41, 5.74) is 0. The maximum absolute atomic E-state index is 2.43. The van der Waals surface area contributed by atoms with Gasteiger partial charge in [-0.25, -0.2) is 0 Å². The van der Waals surface area contributed by atoms with Crippen molar-refractivity contribution < 1.29 is 0 Å². The molecule has 11 heavy (non-hydrogen) atoms.